The second-order valence-electron chi connectivity index (χ2n) is 5.34. The Hall–Kier alpha value is -0.250. The third-order valence-electron chi connectivity index (χ3n) is 3.53. The summed E-state index contributed by atoms with van der Waals surface area (Å²) in [4.78, 5) is 0. The van der Waals surface area contributed by atoms with Crippen LogP contribution in [0, 0.1) is 3.57 Å². The van der Waals surface area contributed by atoms with Crippen molar-refractivity contribution in [2.45, 2.75) is 71.3 Å². The molecule has 0 fully saturated rings. The predicted octanol–water partition coefficient (Wildman–Crippen LogP) is 6.23. The van der Waals surface area contributed by atoms with Crippen molar-refractivity contribution < 1.29 is 0 Å². The van der Waals surface area contributed by atoms with Gasteiger partial charge >= 0.3 is 0 Å². The minimum atomic E-state index is 0.651. The predicted molar refractivity (Wildman–Crippen MR) is 94.9 cm³/mol. The van der Waals surface area contributed by atoms with Crippen LogP contribution in [0.5, 0.6) is 0 Å². The molecule has 0 amide bonds. The lowest BCUT2D eigenvalue weighted by molar-refractivity contribution is 0.526. The lowest BCUT2D eigenvalue weighted by Crippen LogP contribution is -2.19. The van der Waals surface area contributed by atoms with Crippen LogP contribution < -0.4 is 5.32 Å². The second kappa shape index (κ2) is 10.5. The van der Waals surface area contributed by atoms with Crippen molar-refractivity contribution in [2.75, 3.05) is 5.32 Å². The van der Waals surface area contributed by atoms with Gasteiger partial charge in [0, 0.05) is 15.3 Å². The Morgan fingerprint density at radius 2 is 1.42 bits per heavy atom. The zero-order chi connectivity index (χ0) is 13.9. The first kappa shape index (κ1) is 16.8. The van der Waals surface area contributed by atoms with Crippen molar-refractivity contribution in [2.24, 2.45) is 0 Å². The lowest BCUT2D eigenvalue weighted by Gasteiger charge is -2.20. The van der Waals surface area contributed by atoms with Gasteiger partial charge in [0.1, 0.15) is 0 Å². The van der Waals surface area contributed by atoms with Gasteiger partial charge in [-0.3, -0.25) is 0 Å². The van der Waals surface area contributed by atoms with E-state index in [-0.39, 0.29) is 0 Å². The van der Waals surface area contributed by atoms with E-state index in [0.29, 0.717) is 6.04 Å². The van der Waals surface area contributed by atoms with Crippen molar-refractivity contribution in [3.05, 3.63) is 27.8 Å². The van der Waals surface area contributed by atoms with Gasteiger partial charge < -0.3 is 5.32 Å². The van der Waals surface area contributed by atoms with E-state index in [1.54, 1.807) is 0 Å². The molecule has 19 heavy (non-hydrogen) atoms. The number of anilines is 1. The topological polar surface area (TPSA) is 12.0 Å². The van der Waals surface area contributed by atoms with E-state index in [2.05, 4.69) is 66.0 Å². The third kappa shape index (κ3) is 7.81. The van der Waals surface area contributed by atoms with Gasteiger partial charge in [-0.2, -0.15) is 0 Å². The minimum absolute atomic E-state index is 0.651. The van der Waals surface area contributed by atoms with Gasteiger partial charge in [0.15, 0.2) is 0 Å². The zero-order valence-electron chi connectivity index (χ0n) is 12.4. The SMILES string of the molecule is CCCCCC(CCCCC)Nc1ccc(I)cc1. The van der Waals surface area contributed by atoms with Crippen molar-refractivity contribution in [1.29, 1.82) is 0 Å². The molecule has 0 unspecified atom stereocenters. The number of unbranched alkanes of at least 4 members (excludes halogenated alkanes) is 4. The summed E-state index contributed by atoms with van der Waals surface area (Å²) in [5.74, 6) is 0. The highest BCUT2D eigenvalue weighted by molar-refractivity contribution is 14.1. The first-order valence-corrected chi connectivity index (χ1v) is 8.86. The van der Waals surface area contributed by atoms with Gasteiger partial charge in [-0.1, -0.05) is 52.4 Å². The number of hydrogen-bond donors (Lipinski definition) is 1. The first-order valence-electron chi connectivity index (χ1n) is 7.78. The average Bonchev–Trinajstić information content (AvgIpc) is 2.41. The third-order valence-corrected chi connectivity index (χ3v) is 4.25. The molecule has 0 aliphatic heterocycles. The number of benzene rings is 1. The lowest BCUT2D eigenvalue weighted by atomic mass is 10.0. The fourth-order valence-corrected chi connectivity index (χ4v) is 2.71. The maximum Gasteiger partial charge on any atom is 0.0343 e. The maximum absolute atomic E-state index is 3.72. The molecular formula is C17H28IN. The van der Waals surface area contributed by atoms with Crippen molar-refractivity contribution >= 4 is 28.3 Å². The van der Waals surface area contributed by atoms with E-state index in [1.807, 2.05) is 0 Å². The highest BCUT2D eigenvalue weighted by Crippen LogP contribution is 2.18. The molecule has 1 aromatic carbocycles. The summed E-state index contributed by atoms with van der Waals surface area (Å²) in [6.45, 7) is 4.55. The van der Waals surface area contributed by atoms with Crippen LogP contribution in [0.25, 0.3) is 0 Å². The molecular weight excluding hydrogens is 345 g/mol. The first-order chi connectivity index (χ1) is 9.26. The van der Waals surface area contributed by atoms with Crippen LogP contribution in [0.1, 0.15) is 65.2 Å². The molecule has 0 saturated carbocycles. The Morgan fingerprint density at radius 3 is 1.89 bits per heavy atom. The number of rotatable bonds is 10. The van der Waals surface area contributed by atoms with E-state index < -0.39 is 0 Å². The van der Waals surface area contributed by atoms with Crippen LogP contribution in [0.3, 0.4) is 0 Å². The number of hydrogen-bond acceptors (Lipinski definition) is 1. The summed E-state index contributed by atoms with van der Waals surface area (Å²) < 4.78 is 1.30. The summed E-state index contributed by atoms with van der Waals surface area (Å²) >= 11 is 2.36. The van der Waals surface area contributed by atoms with Crippen LogP contribution in [0.2, 0.25) is 0 Å². The maximum atomic E-state index is 3.72. The molecule has 108 valence electrons. The summed E-state index contributed by atoms with van der Waals surface area (Å²) in [6.07, 6.45) is 10.7. The summed E-state index contributed by atoms with van der Waals surface area (Å²) in [5.41, 5.74) is 1.28. The van der Waals surface area contributed by atoms with Gasteiger partial charge in [-0.25, -0.2) is 0 Å². The minimum Gasteiger partial charge on any atom is -0.382 e. The van der Waals surface area contributed by atoms with Crippen LogP contribution in [-0.2, 0) is 0 Å². The smallest absolute Gasteiger partial charge is 0.0343 e. The van der Waals surface area contributed by atoms with Gasteiger partial charge in [-0.15, -0.1) is 0 Å². The summed E-state index contributed by atoms with van der Waals surface area (Å²) in [5, 5.41) is 3.72. The van der Waals surface area contributed by atoms with Gasteiger partial charge in [0.25, 0.3) is 0 Å². The molecule has 0 saturated heterocycles. The molecule has 0 heterocycles. The Bertz CT molecular complexity index is 311. The fourth-order valence-electron chi connectivity index (χ4n) is 2.35. The molecule has 1 aromatic rings. The Morgan fingerprint density at radius 1 is 0.895 bits per heavy atom. The molecule has 0 atom stereocenters. The number of halogens is 1. The Kier molecular flexibility index (Phi) is 9.31. The zero-order valence-corrected chi connectivity index (χ0v) is 14.6. The van der Waals surface area contributed by atoms with E-state index >= 15 is 0 Å². The van der Waals surface area contributed by atoms with Gasteiger partial charge in [-0.05, 0) is 59.7 Å². The van der Waals surface area contributed by atoms with Gasteiger partial charge in [0.05, 0.1) is 0 Å². The van der Waals surface area contributed by atoms with E-state index in [0.717, 1.165) is 0 Å². The van der Waals surface area contributed by atoms with E-state index in [4.69, 9.17) is 0 Å². The highest BCUT2D eigenvalue weighted by atomic mass is 127. The molecule has 0 spiro atoms. The molecule has 2 heteroatoms. The quantitative estimate of drug-likeness (QED) is 0.379. The van der Waals surface area contributed by atoms with Crippen molar-refractivity contribution in [3.8, 4) is 0 Å². The van der Waals surface area contributed by atoms with Crippen LogP contribution in [0.4, 0.5) is 5.69 Å². The summed E-state index contributed by atoms with van der Waals surface area (Å²) in [7, 11) is 0. The van der Waals surface area contributed by atoms with Crippen molar-refractivity contribution in [1.82, 2.24) is 0 Å². The fraction of sp³-hybridized carbons (Fsp3) is 0.647. The molecule has 1 N–H and O–H groups in total. The standard InChI is InChI=1S/C17H28IN/c1-3-5-7-9-16(10-8-6-4-2)19-17-13-11-15(18)12-14-17/h11-14,16,19H,3-10H2,1-2H3. The van der Waals surface area contributed by atoms with Crippen LogP contribution >= 0.6 is 22.6 Å². The monoisotopic (exact) mass is 373 g/mol. The number of nitrogens with one attached hydrogen (secondary N) is 1. The van der Waals surface area contributed by atoms with Crippen molar-refractivity contribution in [3.63, 3.8) is 0 Å². The molecule has 1 nitrogen and oxygen atoms in total. The molecule has 0 aromatic heterocycles. The molecule has 0 aliphatic carbocycles. The highest BCUT2D eigenvalue weighted by Gasteiger charge is 2.08. The molecule has 0 aliphatic rings. The normalized spacial score (nSPS) is 10.9. The molecule has 0 radical (unpaired) electrons. The van der Waals surface area contributed by atoms with E-state index in [1.165, 1.54) is 60.6 Å². The largest absolute Gasteiger partial charge is 0.382 e. The summed E-state index contributed by atoms with van der Waals surface area (Å²) in [6, 6.07) is 9.41. The average molecular weight is 373 g/mol. The second-order valence-corrected chi connectivity index (χ2v) is 6.59. The van der Waals surface area contributed by atoms with Gasteiger partial charge in [0.2, 0.25) is 0 Å². The molecule has 0 bridgehead atoms. The van der Waals surface area contributed by atoms with E-state index in [9.17, 15) is 0 Å². The van der Waals surface area contributed by atoms with Crippen LogP contribution in [0.15, 0.2) is 24.3 Å². The Labute approximate surface area is 132 Å². The van der Waals surface area contributed by atoms with Crippen LogP contribution in [-0.4, -0.2) is 6.04 Å². The Balaban J connectivity index is 2.44. The molecule has 1 rings (SSSR count).